The number of nitrogens with one attached hydrogen (secondary N) is 4. The lowest BCUT2D eigenvalue weighted by atomic mass is 10.0. The molecule has 3 aromatic heterocycles. The lowest BCUT2D eigenvalue weighted by Gasteiger charge is -2.35. The summed E-state index contributed by atoms with van der Waals surface area (Å²) in [7, 11) is 1.47. The molecule has 1 aromatic carbocycles. The molecule has 4 N–H and O–H groups in total. The first kappa shape index (κ1) is 47.3. The number of anilines is 4. The van der Waals surface area contributed by atoms with Gasteiger partial charge >= 0.3 is 0 Å². The van der Waals surface area contributed by atoms with Crippen LogP contribution in [0.4, 0.5) is 23.1 Å². The van der Waals surface area contributed by atoms with Crippen molar-refractivity contribution in [2.24, 2.45) is 0 Å². The van der Waals surface area contributed by atoms with Gasteiger partial charge in [0.2, 0.25) is 23.7 Å². The van der Waals surface area contributed by atoms with Crippen LogP contribution in [-0.4, -0.2) is 150 Å². The van der Waals surface area contributed by atoms with Gasteiger partial charge in [-0.05, 0) is 56.9 Å². The molecule has 1 saturated carbocycles. The number of aryl methyl sites for hydroxylation is 1. The van der Waals surface area contributed by atoms with E-state index in [9.17, 15) is 33.6 Å². The molecule has 0 radical (unpaired) electrons. The highest BCUT2D eigenvalue weighted by atomic mass is 16.5. The quantitative estimate of drug-likeness (QED) is 0.0432. The Morgan fingerprint density at radius 3 is 2.33 bits per heavy atom. The number of hydrogen-bond donors (Lipinski definition) is 4. The molecule has 5 heterocycles. The van der Waals surface area contributed by atoms with E-state index in [0.717, 1.165) is 44.5 Å². The molecule has 0 spiro atoms. The summed E-state index contributed by atoms with van der Waals surface area (Å²) in [5.41, 5.74) is 2.68. The van der Waals surface area contributed by atoms with E-state index >= 15 is 0 Å². The number of ether oxygens (including phenoxy) is 2. The van der Waals surface area contributed by atoms with Crippen molar-refractivity contribution in [3.8, 4) is 0 Å². The Balaban J connectivity index is 0.777. The molecule has 20 nitrogen and oxygen atoms in total. The molecule has 1 aliphatic carbocycles. The zero-order chi connectivity index (χ0) is 46.7. The van der Waals surface area contributed by atoms with Gasteiger partial charge < -0.3 is 35.2 Å². The van der Waals surface area contributed by atoms with E-state index in [2.05, 4.69) is 41.0 Å². The first-order chi connectivity index (χ1) is 31.9. The van der Waals surface area contributed by atoms with E-state index in [1.165, 1.54) is 24.9 Å². The maximum absolute atomic E-state index is 13.6. The number of nitrogens with zero attached hydrogens (tertiary/aromatic N) is 7. The minimum atomic E-state index is -0.828. The van der Waals surface area contributed by atoms with Crippen LogP contribution < -0.4 is 31.7 Å². The fourth-order valence-corrected chi connectivity index (χ4v) is 8.76. The van der Waals surface area contributed by atoms with Gasteiger partial charge in [0.1, 0.15) is 17.5 Å². The topological polar surface area (TPSA) is 239 Å². The van der Waals surface area contributed by atoms with E-state index in [-0.39, 0.29) is 71.9 Å². The van der Waals surface area contributed by atoms with Gasteiger partial charge in [-0.2, -0.15) is 4.98 Å². The number of hydrogen-bond acceptors (Lipinski definition) is 16. The van der Waals surface area contributed by atoms with Gasteiger partial charge in [0, 0.05) is 81.6 Å². The molecule has 4 amide bonds. The molecule has 20 heteroatoms. The summed E-state index contributed by atoms with van der Waals surface area (Å²) in [5.74, 6) is -0.940. The lowest BCUT2D eigenvalue weighted by Crippen LogP contribution is -2.53. The van der Waals surface area contributed by atoms with Gasteiger partial charge in [0.25, 0.3) is 11.5 Å². The summed E-state index contributed by atoms with van der Waals surface area (Å²) >= 11 is 0. The van der Waals surface area contributed by atoms with Crippen molar-refractivity contribution in [2.45, 2.75) is 64.5 Å². The van der Waals surface area contributed by atoms with Gasteiger partial charge in [-0.3, -0.25) is 48.3 Å². The normalized spacial score (nSPS) is 16.8. The number of benzene rings is 1. The Morgan fingerprint density at radius 1 is 0.909 bits per heavy atom. The Morgan fingerprint density at radius 2 is 1.65 bits per heavy atom. The van der Waals surface area contributed by atoms with Crippen molar-refractivity contribution in [3.63, 3.8) is 0 Å². The molecule has 1 atom stereocenters. The molecule has 0 bridgehead atoms. The summed E-state index contributed by atoms with van der Waals surface area (Å²) in [4.78, 5) is 107. The number of rotatable bonds is 20. The third kappa shape index (κ3) is 11.2. The largest absolute Gasteiger partial charge is 0.382 e. The number of likely N-dealkylation sites (N-methyl/N-ethyl adjacent to an activating group) is 1. The molecule has 1 unspecified atom stereocenters. The van der Waals surface area contributed by atoms with Crippen LogP contribution >= 0.6 is 0 Å². The Hall–Kier alpha value is -6.64. The third-order valence-corrected chi connectivity index (χ3v) is 12.3. The molecule has 3 aliphatic rings. The van der Waals surface area contributed by atoms with Crippen LogP contribution in [0.1, 0.15) is 88.1 Å². The highest BCUT2D eigenvalue weighted by molar-refractivity contribution is 6.09. The van der Waals surface area contributed by atoms with E-state index < -0.39 is 17.9 Å². The molecular formula is C46H57N11O9. The minimum Gasteiger partial charge on any atom is -0.382 e. The van der Waals surface area contributed by atoms with Gasteiger partial charge in [0.05, 0.1) is 56.0 Å². The average Bonchev–Trinajstić information content (AvgIpc) is 3.84. The summed E-state index contributed by atoms with van der Waals surface area (Å²) < 4.78 is 13.0. The first-order valence-electron chi connectivity index (χ1n) is 22.4. The van der Waals surface area contributed by atoms with Gasteiger partial charge in [-0.15, -0.1) is 0 Å². The van der Waals surface area contributed by atoms with E-state index in [1.807, 2.05) is 12.1 Å². The SMILES string of the molecule is CC(=O)c1c(C)c2cnc(Nc3ccc(N4CCN(CC(=O)NCCOCCOCCNc5cccc(C=O)c5C(=O)N(C)C5CCC(=O)NC5=O)CC4)cn3)nc2n(C2CCCC2)c1=O. The highest BCUT2D eigenvalue weighted by Gasteiger charge is 2.34. The predicted octanol–water partition coefficient (Wildman–Crippen LogP) is 2.63. The van der Waals surface area contributed by atoms with E-state index in [0.29, 0.717) is 86.3 Å². The van der Waals surface area contributed by atoms with Gasteiger partial charge in [-0.25, -0.2) is 9.97 Å². The Bertz CT molecular complexity index is 2500. The number of amides is 4. The van der Waals surface area contributed by atoms with Crippen molar-refractivity contribution in [1.82, 2.24) is 40.0 Å². The third-order valence-electron chi connectivity index (χ3n) is 12.3. The van der Waals surface area contributed by atoms with Gasteiger partial charge in [-0.1, -0.05) is 25.0 Å². The number of piperidine rings is 1. The number of aldehydes is 1. The number of carbonyl (C=O) groups is 6. The minimum absolute atomic E-state index is 0.0133. The predicted molar refractivity (Wildman–Crippen MR) is 245 cm³/mol. The number of aromatic nitrogens is 4. The summed E-state index contributed by atoms with van der Waals surface area (Å²) in [6.07, 6.45) is 8.12. The van der Waals surface area contributed by atoms with Crippen LogP contribution in [0.15, 0.2) is 47.5 Å². The zero-order valence-corrected chi connectivity index (χ0v) is 37.6. The van der Waals surface area contributed by atoms with Crippen molar-refractivity contribution < 1.29 is 38.2 Å². The maximum Gasteiger partial charge on any atom is 0.263 e. The van der Waals surface area contributed by atoms with Crippen molar-refractivity contribution in [2.75, 3.05) is 94.8 Å². The molecule has 7 rings (SSSR count). The Labute approximate surface area is 381 Å². The number of fused-ring (bicyclic) bond motifs is 1. The van der Waals surface area contributed by atoms with Crippen molar-refractivity contribution in [3.05, 3.63) is 75.3 Å². The summed E-state index contributed by atoms with van der Waals surface area (Å²) in [6, 6.07) is 7.84. The fraction of sp³-hybridized carbons (Fsp3) is 0.478. The fourth-order valence-electron chi connectivity index (χ4n) is 8.76. The van der Waals surface area contributed by atoms with Gasteiger partial charge in [0.15, 0.2) is 12.1 Å². The van der Waals surface area contributed by atoms with Crippen molar-refractivity contribution in [1.29, 1.82) is 0 Å². The van der Waals surface area contributed by atoms with Crippen LogP contribution in [0.2, 0.25) is 0 Å². The maximum atomic E-state index is 13.6. The number of imide groups is 1. The number of Topliss-reactive ketones (excluding diaryl/α,β-unsaturated/α-hetero) is 1. The molecule has 3 fully saturated rings. The smallest absolute Gasteiger partial charge is 0.263 e. The number of carbonyl (C=O) groups excluding carboxylic acids is 6. The van der Waals surface area contributed by atoms with E-state index in [1.54, 1.807) is 36.0 Å². The van der Waals surface area contributed by atoms with Crippen LogP contribution in [0.3, 0.4) is 0 Å². The number of pyridine rings is 2. The molecular weight excluding hydrogens is 851 g/mol. The summed E-state index contributed by atoms with van der Waals surface area (Å²) in [6.45, 7) is 8.23. The molecule has 350 valence electrons. The zero-order valence-electron chi connectivity index (χ0n) is 37.6. The second-order valence-corrected chi connectivity index (χ2v) is 16.7. The monoisotopic (exact) mass is 907 g/mol. The average molecular weight is 908 g/mol. The first-order valence-corrected chi connectivity index (χ1v) is 22.4. The second-order valence-electron chi connectivity index (χ2n) is 16.7. The standard InChI is InChI=1S/C46H57N11O9/c1-29-34-26-50-46(53-42(34)57(32-8-4-5-9-32)45(64)40(29)30(2)59)51-37-13-11-33(25-49-37)56-19-17-55(18-20-56)27-39(61)48-16-22-66-24-23-65-21-15-47-35-10-6-7-31(28-58)41(35)44(63)54(3)36-12-14-38(60)52-43(36)62/h6-7,10-11,13,25-26,28,32,36,47H,4-5,8-9,12,14-24,27H2,1-3H3,(H,48,61)(H,52,60,62)(H,49,50,51,53). The molecule has 4 aromatic rings. The highest BCUT2D eigenvalue weighted by Crippen LogP contribution is 2.32. The molecule has 66 heavy (non-hydrogen) atoms. The van der Waals surface area contributed by atoms with E-state index in [4.69, 9.17) is 14.5 Å². The van der Waals surface area contributed by atoms with Crippen molar-refractivity contribution >= 4 is 69.9 Å². The molecule has 2 saturated heterocycles. The van der Waals surface area contributed by atoms with Crippen LogP contribution in [0.5, 0.6) is 0 Å². The summed E-state index contributed by atoms with van der Waals surface area (Å²) in [5, 5.41) is 12.1. The number of ketones is 1. The van der Waals surface area contributed by atoms with Crippen LogP contribution in [0, 0.1) is 6.92 Å². The second kappa shape index (κ2) is 22.0. The lowest BCUT2D eigenvalue weighted by molar-refractivity contribution is -0.136. The van der Waals surface area contributed by atoms with Crippen LogP contribution in [-0.2, 0) is 23.9 Å². The number of piperazine rings is 1. The Kier molecular flexibility index (Phi) is 15.8. The van der Waals surface area contributed by atoms with Crippen LogP contribution in [0.25, 0.3) is 11.0 Å². The molecule has 2 aliphatic heterocycles.